The number of ether oxygens (including phenoxy) is 1. The molecule has 0 unspecified atom stereocenters. The van der Waals surface area contributed by atoms with Crippen LogP contribution in [0.3, 0.4) is 0 Å². The number of aliphatic carboxylic acids is 1. The summed E-state index contributed by atoms with van der Waals surface area (Å²) in [6.07, 6.45) is 4.65. The molecule has 124 valence electrons. The first-order valence-corrected chi connectivity index (χ1v) is 7.93. The Morgan fingerprint density at radius 1 is 1.05 bits per heavy atom. The molecule has 0 aromatic carbocycles. The van der Waals surface area contributed by atoms with Crippen LogP contribution in [0.5, 0.6) is 0 Å². The summed E-state index contributed by atoms with van der Waals surface area (Å²) in [7, 11) is -4.64. The first-order chi connectivity index (χ1) is 9.54. The number of carboxylic acid groups (broad SMARTS) is 1. The smallest absolute Gasteiger partial charge is 0.466 e. The Labute approximate surface area is 123 Å². The fourth-order valence-electron chi connectivity index (χ4n) is 1.20. The van der Waals surface area contributed by atoms with Crippen LogP contribution in [-0.2, 0) is 18.9 Å². The molecule has 0 radical (unpaired) electrons. The molecule has 9 heteroatoms. The molecule has 0 saturated carbocycles. The highest BCUT2D eigenvalue weighted by Crippen LogP contribution is 2.25. The Bertz CT molecular complexity index is 365. The van der Waals surface area contributed by atoms with Gasteiger partial charge in [0.15, 0.2) is 0 Å². The second kappa shape index (κ2) is 12.5. The lowest BCUT2D eigenvalue weighted by atomic mass is 10.1. The molecule has 0 amide bonds. The Kier molecular flexibility index (Phi) is 13.2. The number of esters is 1. The minimum atomic E-state index is -4.64. The molecular formula is C12H23O8P. The number of carbonyl (C=O) groups is 2. The molecule has 0 bridgehead atoms. The van der Waals surface area contributed by atoms with E-state index < -0.39 is 13.8 Å². The molecular weight excluding hydrogens is 303 g/mol. The van der Waals surface area contributed by atoms with Gasteiger partial charge < -0.3 is 24.5 Å². The lowest BCUT2D eigenvalue weighted by Crippen LogP contribution is -2.06. The average molecular weight is 326 g/mol. The second-order valence-corrected chi connectivity index (χ2v) is 5.37. The van der Waals surface area contributed by atoms with Crippen molar-refractivity contribution in [2.24, 2.45) is 0 Å². The van der Waals surface area contributed by atoms with Crippen LogP contribution in [0, 0.1) is 0 Å². The molecule has 0 saturated heterocycles. The fraction of sp³-hybridized carbons (Fsp3) is 0.667. The molecule has 0 rings (SSSR count). The van der Waals surface area contributed by atoms with Gasteiger partial charge in [-0.05, 0) is 19.8 Å². The van der Waals surface area contributed by atoms with Crippen molar-refractivity contribution in [2.45, 2.75) is 45.4 Å². The molecule has 8 nitrogen and oxygen atoms in total. The molecule has 0 aromatic rings. The molecule has 4 N–H and O–H groups in total. The van der Waals surface area contributed by atoms with Crippen LogP contribution in [0.15, 0.2) is 12.2 Å². The van der Waals surface area contributed by atoms with Gasteiger partial charge >= 0.3 is 19.8 Å². The van der Waals surface area contributed by atoms with E-state index in [0.29, 0.717) is 12.2 Å². The van der Waals surface area contributed by atoms with E-state index in [4.69, 9.17) is 29.1 Å². The van der Waals surface area contributed by atoms with E-state index in [0.717, 1.165) is 32.1 Å². The predicted molar refractivity (Wildman–Crippen MR) is 75.4 cm³/mol. The second-order valence-electron chi connectivity index (χ2n) is 4.34. The number of unbranched alkanes of at least 4 members (excludes halogenated alkanes) is 4. The van der Waals surface area contributed by atoms with Crippen molar-refractivity contribution < 1.29 is 38.7 Å². The quantitative estimate of drug-likeness (QED) is 0.217. The van der Waals surface area contributed by atoms with Crippen molar-refractivity contribution in [1.29, 1.82) is 0 Å². The van der Waals surface area contributed by atoms with Gasteiger partial charge in [-0.1, -0.05) is 25.8 Å². The van der Waals surface area contributed by atoms with Gasteiger partial charge in [-0.2, -0.15) is 0 Å². The number of carbonyl (C=O) groups excluding carboxylic acids is 1. The van der Waals surface area contributed by atoms with E-state index in [1.54, 1.807) is 6.92 Å². The minimum absolute atomic E-state index is 0.241. The molecule has 0 heterocycles. The molecule has 0 aliphatic carbocycles. The lowest BCUT2D eigenvalue weighted by molar-refractivity contribution is -0.139. The Balaban J connectivity index is 0. The van der Waals surface area contributed by atoms with Crippen molar-refractivity contribution in [3.05, 3.63) is 12.2 Å². The van der Waals surface area contributed by atoms with Crippen molar-refractivity contribution in [3.8, 4) is 0 Å². The summed E-state index contributed by atoms with van der Waals surface area (Å²) >= 11 is 0. The van der Waals surface area contributed by atoms with E-state index in [2.05, 4.69) is 6.58 Å². The van der Waals surface area contributed by atoms with Crippen LogP contribution in [-0.4, -0.2) is 38.3 Å². The highest BCUT2D eigenvalue weighted by Gasteiger charge is 2.02. The third-order valence-electron chi connectivity index (χ3n) is 2.12. The zero-order chi connectivity index (χ0) is 16.9. The van der Waals surface area contributed by atoms with Crippen molar-refractivity contribution >= 4 is 19.8 Å². The highest BCUT2D eigenvalue weighted by molar-refractivity contribution is 7.45. The van der Waals surface area contributed by atoms with Gasteiger partial charge in [0.05, 0.1) is 6.61 Å². The monoisotopic (exact) mass is 326 g/mol. The average Bonchev–Trinajstić information content (AvgIpc) is 2.29. The van der Waals surface area contributed by atoms with E-state index in [1.807, 2.05) is 0 Å². The van der Waals surface area contributed by atoms with Crippen molar-refractivity contribution in [3.63, 3.8) is 0 Å². The molecule has 0 aromatic heterocycles. The van der Waals surface area contributed by atoms with Crippen molar-refractivity contribution in [1.82, 2.24) is 0 Å². The van der Waals surface area contributed by atoms with Gasteiger partial charge in [0.25, 0.3) is 0 Å². The molecule has 0 aliphatic rings. The van der Waals surface area contributed by atoms with Gasteiger partial charge in [-0.25, -0.2) is 9.36 Å². The maximum Gasteiger partial charge on any atom is 0.466 e. The molecule has 21 heavy (non-hydrogen) atoms. The largest absolute Gasteiger partial charge is 0.481 e. The van der Waals surface area contributed by atoms with Crippen LogP contribution < -0.4 is 0 Å². The van der Waals surface area contributed by atoms with Crippen LogP contribution in [0.1, 0.15) is 45.4 Å². The summed E-state index contributed by atoms with van der Waals surface area (Å²) in [4.78, 5) is 42.7. The normalized spacial score (nSPS) is 10.3. The third kappa shape index (κ3) is 27.9. The number of hydrogen-bond acceptors (Lipinski definition) is 4. The Morgan fingerprint density at radius 2 is 1.48 bits per heavy atom. The summed E-state index contributed by atoms with van der Waals surface area (Å²) in [6.45, 7) is 5.52. The molecule has 0 aliphatic heterocycles. The van der Waals surface area contributed by atoms with Crippen LogP contribution >= 0.6 is 7.82 Å². The SMILES string of the molecule is C=C(C)C(=O)OCCCCCCCC(=O)O.O=P(O)(O)O. The minimum Gasteiger partial charge on any atom is -0.481 e. The van der Waals surface area contributed by atoms with E-state index in [-0.39, 0.29) is 12.4 Å². The summed E-state index contributed by atoms with van der Waals surface area (Å²) in [6, 6.07) is 0. The number of carboxylic acids is 1. The van der Waals surface area contributed by atoms with Crippen molar-refractivity contribution in [2.75, 3.05) is 6.61 Å². The van der Waals surface area contributed by atoms with Gasteiger partial charge in [0, 0.05) is 12.0 Å². The Hall–Kier alpha value is -1.21. The molecule has 0 fully saturated rings. The van der Waals surface area contributed by atoms with E-state index in [9.17, 15) is 9.59 Å². The first-order valence-electron chi connectivity index (χ1n) is 6.36. The first kappa shape index (κ1) is 22.1. The fourth-order valence-corrected chi connectivity index (χ4v) is 1.20. The maximum absolute atomic E-state index is 11.0. The Morgan fingerprint density at radius 3 is 1.90 bits per heavy atom. The lowest BCUT2D eigenvalue weighted by Gasteiger charge is -2.03. The number of hydrogen-bond donors (Lipinski definition) is 4. The predicted octanol–water partition coefficient (Wildman–Crippen LogP) is 1.60. The zero-order valence-electron chi connectivity index (χ0n) is 12.0. The number of rotatable bonds is 9. The third-order valence-corrected chi connectivity index (χ3v) is 2.12. The van der Waals surface area contributed by atoms with E-state index in [1.165, 1.54) is 0 Å². The van der Waals surface area contributed by atoms with Crippen LogP contribution in [0.4, 0.5) is 0 Å². The van der Waals surface area contributed by atoms with Crippen LogP contribution in [0.2, 0.25) is 0 Å². The molecule has 0 atom stereocenters. The van der Waals surface area contributed by atoms with Gasteiger partial charge in [0.1, 0.15) is 0 Å². The summed E-state index contributed by atoms with van der Waals surface area (Å²) in [5.41, 5.74) is 0.418. The summed E-state index contributed by atoms with van der Waals surface area (Å²) in [5, 5.41) is 8.40. The topological polar surface area (TPSA) is 141 Å². The maximum atomic E-state index is 11.0. The standard InChI is InChI=1S/C12H20O4.H3O4P/c1-10(2)12(15)16-9-7-5-3-4-6-8-11(13)14;1-5(2,3)4/h1,3-9H2,2H3,(H,13,14);(H3,1,2,3,4). The van der Waals surface area contributed by atoms with Gasteiger partial charge in [-0.3, -0.25) is 4.79 Å². The highest BCUT2D eigenvalue weighted by atomic mass is 31.2. The number of phosphoric acid groups is 1. The zero-order valence-corrected chi connectivity index (χ0v) is 12.9. The van der Waals surface area contributed by atoms with Gasteiger partial charge in [0.2, 0.25) is 0 Å². The summed E-state index contributed by atoms with van der Waals surface area (Å²) in [5.74, 6) is -1.08. The van der Waals surface area contributed by atoms with E-state index >= 15 is 0 Å². The summed E-state index contributed by atoms with van der Waals surface area (Å²) < 4.78 is 13.8. The van der Waals surface area contributed by atoms with Crippen LogP contribution in [0.25, 0.3) is 0 Å². The van der Waals surface area contributed by atoms with Gasteiger partial charge in [-0.15, -0.1) is 0 Å². The molecule has 0 spiro atoms.